The molecule has 0 bridgehead atoms. The molecule has 25 heavy (non-hydrogen) atoms. The van der Waals surface area contributed by atoms with Crippen LogP contribution in [0, 0.1) is 5.92 Å². The Labute approximate surface area is 147 Å². The third-order valence-electron chi connectivity index (χ3n) is 5.31. The molecule has 3 N–H and O–H groups in total. The van der Waals surface area contributed by atoms with Crippen molar-refractivity contribution >= 4 is 0 Å². The number of hydrogen-bond donors (Lipinski definition) is 3. The van der Waals surface area contributed by atoms with Crippen molar-refractivity contribution in [3.63, 3.8) is 0 Å². The summed E-state index contributed by atoms with van der Waals surface area (Å²) in [4.78, 5) is 6.97. The molecule has 2 aliphatic rings. The molecule has 2 fully saturated rings. The van der Waals surface area contributed by atoms with Crippen LogP contribution in [-0.2, 0) is 6.42 Å². The molecular formula is C18H25N5O2. The van der Waals surface area contributed by atoms with E-state index in [2.05, 4.69) is 32.9 Å². The van der Waals surface area contributed by atoms with Gasteiger partial charge < -0.3 is 14.5 Å². The lowest BCUT2D eigenvalue weighted by atomic mass is 9.93. The van der Waals surface area contributed by atoms with E-state index in [1.165, 1.54) is 12.8 Å². The summed E-state index contributed by atoms with van der Waals surface area (Å²) in [6.45, 7) is 2.29. The van der Waals surface area contributed by atoms with Crippen LogP contribution in [0.1, 0.15) is 48.6 Å². The number of likely N-dealkylation sites (tertiary alicyclic amines) is 1. The predicted octanol–water partition coefficient (Wildman–Crippen LogP) is 1.94. The van der Waals surface area contributed by atoms with Crippen LogP contribution in [0.4, 0.5) is 0 Å². The molecule has 1 aromatic carbocycles. The summed E-state index contributed by atoms with van der Waals surface area (Å²) in [5, 5.41) is 14.2. The minimum atomic E-state index is -0.0386. The molecule has 2 aromatic rings. The van der Waals surface area contributed by atoms with E-state index < -0.39 is 0 Å². The van der Waals surface area contributed by atoms with Crippen LogP contribution in [0.3, 0.4) is 0 Å². The lowest BCUT2D eigenvalue weighted by molar-refractivity contribution is 0.216. The Balaban J connectivity index is 1.37. The molecule has 0 saturated carbocycles. The molecule has 2 aliphatic heterocycles. The standard InChI is InChI=1S/C18H25N5O2/c1-23-8-6-12(7-9-23)10-17-19-18(25-22-17)15-11-14(20-21-15)13-4-2-3-5-16(13)24/h2-5,12,14-15,20-21,24H,6-11H2,1H3. The van der Waals surface area contributed by atoms with Gasteiger partial charge in [0.2, 0.25) is 5.89 Å². The highest BCUT2D eigenvalue weighted by molar-refractivity contribution is 5.35. The second-order valence-electron chi connectivity index (χ2n) is 7.19. The van der Waals surface area contributed by atoms with Crippen LogP contribution in [-0.4, -0.2) is 40.3 Å². The topological polar surface area (TPSA) is 86.5 Å². The van der Waals surface area contributed by atoms with Crippen LogP contribution >= 0.6 is 0 Å². The third kappa shape index (κ3) is 3.68. The number of para-hydroxylation sites is 1. The second kappa shape index (κ2) is 7.11. The number of rotatable bonds is 4. The summed E-state index contributed by atoms with van der Waals surface area (Å²) in [6.07, 6.45) is 4.03. The van der Waals surface area contributed by atoms with Crippen molar-refractivity contribution in [3.05, 3.63) is 41.5 Å². The molecule has 1 aromatic heterocycles. The lowest BCUT2D eigenvalue weighted by Gasteiger charge is -2.28. The molecule has 3 heterocycles. The van der Waals surface area contributed by atoms with Crippen LogP contribution < -0.4 is 10.9 Å². The molecule has 4 rings (SSSR count). The minimum Gasteiger partial charge on any atom is -0.508 e. The van der Waals surface area contributed by atoms with E-state index in [-0.39, 0.29) is 12.1 Å². The molecule has 0 radical (unpaired) electrons. The Morgan fingerprint density at radius 3 is 2.76 bits per heavy atom. The predicted molar refractivity (Wildman–Crippen MR) is 92.7 cm³/mol. The number of aromatic hydroxyl groups is 1. The first-order valence-corrected chi connectivity index (χ1v) is 8.99. The van der Waals surface area contributed by atoms with Crippen molar-refractivity contribution in [1.29, 1.82) is 0 Å². The largest absolute Gasteiger partial charge is 0.508 e. The molecule has 0 amide bonds. The first kappa shape index (κ1) is 16.5. The summed E-state index contributed by atoms with van der Waals surface area (Å²) >= 11 is 0. The highest BCUT2D eigenvalue weighted by atomic mass is 16.5. The van der Waals surface area contributed by atoms with Gasteiger partial charge >= 0.3 is 0 Å². The number of phenolic OH excluding ortho intramolecular Hbond substituents is 1. The monoisotopic (exact) mass is 343 g/mol. The van der Waals surface area contributed by atoms with Gasteiger partial charge in [-0.25, -0.2) is 10.9 Å². The molecule has 134 valence electrons. The second-order valence-corrected chi connectivity index (χ2v) is 7.19. The van der Waals surface area contributed by atoms with Gasteiger partial charge in [-0.15, -0.1) is 0 Å². The van der Waals surface area contributed by atoms with Gasteiger partial charge in [0.05, 0.1) is 6.04 Å². The summed E-state index contributed by atoms with van der Waals surface area (Å²) in [5.74, 6) is 2.37. The van der Waals surface area contributed by atoms with Gasteiger partial charge in [-0.1, -0.05) is 23.4 Å². The van der Waals surface area contributed by atoms with Crippen LogP contribution in [0.2, 0.25) is 0 Å². The van der Waals surface area contributed by atoms with Crippen LogP contribution in [0.5, 0.6) is 5.75 Å². The number of hydrazine groups is 1. The van der Waals surface area contributed by atoms with Gasteiger partial charge in [0.25, 0.3) is 0 Å². The molecule has 2 atom stereocenters. The molecule has 0 aliphatic carbocycles. The minimum absolute atomic E-state index is 0.0235. The lowest BCUT2D eigenvalue weighted by Crippen LogP contribution is -2.31. The van der Waals surface area contributed by atoms with Crippen molar-refractivity contribution in [3.8, 4) is 5.75 Å². The SMILES string of the molecule is CN1CCC(Cc2noc(C3CC(c4ccccc4O)NN3)n2)CC1. The number of nitrogens with zero attached hydrogens (tertiary/aromatic N) is 3. The number of benzene rings is 1. The van der Waals surface area contributed by atoms with Crippen molar-refractivity contribution in [2.75, 3.05) is 20.1 Å². The number of phenols is 1. The average Bonchev–Trinajstić information content (AvgIpc) is 3.27. The van der Waals surface area contributed by atoms with Gasteiger partial charge in [-0.3, -0.25) is 0 Å². The zero-order chi connectivity index (χ0) is 17.2. The fraction of sp³-hybridized carbons (Fsp3) is 0.556. The molecule has 2 saturated heterocycles. The van der Waals surface area contributed by atoms with E-state index in [1.807, 2.05) is 18.2 Å². The van der Waals surface area contributed by atoms with Crippen LogP contribution in [0.25, 0.3) is 0 Å². The Kier molecular flexibility index (Phi) is 4.70. The van der Waals surface area contributed by atoms with Crippen molar-refractivity contribution in [2.24, 2.45) is 5.92 Å². The van der Waals surface area contributed by atoms with Gasteiger partial charge in [0.1, 0.15) is 11.8 Å². The summed E-state index contributed by atoms with van der Waals surface area (Å²) in [5.41, 5.74) is 7.30. The van der Waals surface area contributed by atoms with Crippen molar-refractivity contribution < 1.29 is 9.63 Å². The van der Waals surface area contributed by atoms with E-state index in [0.717, 1.165) is 37.3 Å². The first-order chi connectivity index (χ1) is 12.2. The van der Waals surface area contributed by atoms with Crippen molar-refractivity contribution in [2.45, 2.75) is 37.8 Å². The normalized spacial score (nSPS) is 25.5. The van der Waals surface area contributed by atoms with E-state index >= 15 is 0 Å². The van der Waals surface area contributed by atoms with Crippen molar-refractivity contribution in [1.82, 2.24) is 25.9 Å². The molecule has 2 unspecified atom stereocenters. The maximum atomic E-state index is 10.0. The quantitative estimate of drug-likeness (QED) is 0.782. The molecule has 7 nitrogen and oxygen atoms in total. The molecule has 0 spiro atoms. The summed E-state index contributed by atoms with van der Waals surface area (Å²) in [6, 6.07) is 7.37. The number of hydrogen-bond acceptors (Lipinski definition) is 7. The molecule has 7 heteroatoms. The smallest absolute Gasteiger partial charge is 0.245 e. The maximum Gasteiger partial charge on any atom is 0.245 e. The summed E-state index contributed by atoms with van der Waals surface area (Å²) in [7, 11) is 2.17. The Bertz CT molecular complexity index is 711. The third-order valence-corrected chi connectivity index (χ3v) is 5.31. The fourth-order valence-corrected chi connectivity index (χ4v) is 3.72. The first-order valence-electron chi connectivity index (χ1n) is 8.99. The zero-order valence-corrected chi connectivity index (χ0v) is 14.5. The van der Waals surface area contributed by atoms with Gasteiger partial charge in [0.15, 0.2) is 5.82 Å². The number of piperidine rings is 1. The van der Waals surface area contributed by atoms with Gasteiger partial charge in [-0.05, 0) is 51.4 Å². The maximum absolute atomic E-state index is 10.0. The highest BCUT2D eigenvalue weighted by Crippen LogP contribution is 2.34. The Morgan fingerprint density at radius 2 is 1.96 bits per heavy atom. The number of aromatic nitrogens is 2. The Morgan fingerprint density at radius 1 is 1.20 bits per heavy atom. The fourth-order valence-electron chi connectivity index (χ4n) is 3.72. The van der Waals surface area contributed by atoms with Gasteiger partial charge in [0, 0.05) is 12.0 Å². The van der Waals surface area contributed by atoms with Crippen LogP contribution in [0.15, 0.2) is 28.8 Å². The summed E-state index contributed by atoms with van der Waals surface area (Å²) < 4.78 is 5.49. The highest BCUT2D eigenvalue weighted by Gasteiger charge is 2.31. The average molecular weight is 343 g/mol. The van der Waals surface area contributed by atoms with E-state index in [4.69, 9.17) is 4.52 Å². The van der Waals surface area contributed by atoms with E-state index in [0.29, 0.717) is 17.6 Å². The van der Waals surface area contributed by atoms with E-state index in [1.54, 1.807) is 6.07 Å². The number of nitrogens with one attached hydrogen (secondary N) is 2. The van der Waals surface area contributed by atoms with E-state index in [9.17, 15) is 5.11 Å². The molecular weight excluding hydrogens is 318 g/mol. The zero-order valence-electron chi connectivity index (χ0n) is 14.5. The Hall–Kier alpha value is -1.96. The van der Waals surface area contributed by atoms with Gasteiger partial charge in [-0.2, -0.15) is 4.98 Å².